The van der Waals surface area contributed by atoms with E-state index in [0.717, 1.165) is 57.8 Å². The number of carbonyl (C=O) groups is 1. The molecule has 0 aromatic heterocycles. The van der Waals surface area contributed by atoms with Crippen molar-refractivity contribution in [3.63, 3.8) is 0 Å². The van der Waals surface area contributed by atoms with E-state index in [4.69, 9.17) is 0 Å². The first kappa shape index (κ1) is 16.5. The van der Waals surface area contributed by atoms with E-state index in [0.29, 0.717) is 0 Å². The van der Waals surface area contributed by atoms with Gasteiger partial charge in [-0.1, -0.05) is 6.08 Å². The lowest BCUT2D eigenvalue weighted by Crippen LogP contribution is -2.40. The second-order valence-electron chi connectivity index (χ2n) is 5.11. The molecule has 0 bridgehead atoms. The standard InChI is InChI=1S/C15H28N4O/c1-4-6-7-10-18(3)15(16-5-2)17-13-14(20)19-11-8-9-12-19/h4H,1,5-13H2,2-3H3,(H,16,17). The summed E-state index contributed by atoms with van der Waals surface area (Å²) in [7, 11) is 2.00. The van der Waals surface area contributed by atoms with Gasteiger partial charge in [0.2, 0.25) is 5.91 Å². The highest BCUT2D eigenvalue weighted by atomic mass is 16.2. The van der Waals surface area contributed by atoms with Crippen molar-refractivity contribution in [1.82, 2.24) is 15.1 Å². The average Bonchev–Trinajstić information content (AvgIpc) is 2.97. The Balaban J connectivity index is 2.47. The van der Waals surface area contributed by atoms with Crippen molar-refractivity contribution in [3.8, 4) is 0 Å². The summed E-state index contributed by atoms with van der Waals surface area (Å²) in [5, 5.41) is 3.23. The Hall–Kier alpha value is -1.52. The van der Waals surface area contributed by atoms with Crippen molar-refractivity contribution < 1.29 is 4.79 Å². The third kappa shape index (κ3) is 5.63. The van der Waals surface area contributed by atoms with Crippen LogP contribution in [0.5, 0.6) is 0 Å². The zero-order chi connectivity index (χ0) is 14.8. The van der Waals surface area contributed by atoms with E-state index in [9.17, 15) is 4.79 Å². The molecule has 1 aliphatic rings. The Labute approximate surface area is 122 Å². The summed E-state index contributed by atoms with van der Waals surface area (Å²) < 4.78 is 0. The van der Waals surface area contributed by atoms with Gasteiger partial charge < -0.3 is 15.1 Å². The summed E-state index contributed by atoms with van der Waals surface area (Å²) in [6, 6.07) is 0. The number of nitrogens with one attached hydrogen (secondary N) is 1. The first-order chi connectivity index (χ1) is 9.69. The fourth-order valence-electron chi connectivity index (χ4n) is 2.26. The van der Waals surface area contributed by atoms with Crippen molar-refractivity contribution in [2.75, 3.05) is 39.8 Å². The Kier molecular flexibility index (Phi) is 7.77. The van der Waals surface area contributed by atoms with Crippen LogP contribution in [0, 0.1) is 0 Å². The van der Waals surface area contributed by atoms with E-state index < -0.39 is 0 Å². The topological polar surface area (TPSA) is 47.9 Å². The number of nitrogens with zero attached hydrogens (tertiary/aromatic N) is 3. The molecule has 1 N–H and O–H groups in total. The predicted octanol–water partition coefficient (Wildman–Crippen LogP) is 1.47. The normalized spacial score (nSPS) is 15.3. The molecule has 5 heteroatoms. The number of aliphatic imine (C=N–C) groups is 1. The monoisotopic (exact) mass is 280 g/mol. The third-order valence-corrected chi connectivity index (χ3v) is 3.42. The SMILES string of the molecule is C=CCCCN(C)C(=NCC(=O)N1CCCC1)NCC. The lowest BCUT2D eigenvalue weighted by Gasteiger charge is -2.22. The van der Waals surface area contributed by atoms with Gasteiger partial charge in [-0.3, -0.25) is 4.79 Å². The molecule has 0 aromatic rings. The lowest BCUT2D eigenvalue weighted by molar-refractivity contribution is -0.128. The van der Waals surface area contributed by atoms with Crippen LogP contribution in [0.1, 0.15) is 32.6 Å². The highest BCUT2D eigenvalue weighted by Gasteiger charge is 2.17. The fraction of sp³-hybridized carbons (Fsp3) is 0.733. The molecule has 5 nitrogen and oxygen atoms in total. The molecule has 0 atom stereocenters. The Morgan fingerprint density at radius 3 is 2.75 bits per heavy atom. The van der Waals surface area contributed by atoms with E-state index in [1.807, 2.05) is 24.9 Å². The first-order valence-corrected chi connectivity index (χ1v) is 7.57. The van der Waals surface area contributed by atoms with Crippen molar-refractivity contribution in [2.45, 2.75) is 32.6 Å². The molecule has 1 aliphatic heterocycles. The third-order valence-electron chi connectivity index (χ3n) is 3.42. The van der Waals surface area contributed by atoms with Crippen LogP contribution in [0.3, 0.4) is 0 Å². The smallest absolute Gasteiger partial charge is 0.244 e. The molecule has 0 saturated carbocycles. The molecule has 1 fully saturated rings. The summed E-state index contributed by atoms with van der Waals surface area (Å²) >= 11 is 0. The number of amides is 1. The van der Waals surface area contributed by atoms with Crippen LogP contribution in [0.25, 0.3) is 0 Å². The number of guanidine groups is 1. The number of unbranched alkanes of at least 4 members (excludes halogenated alkanes) is 1. The van der Waals surface area contributed by atoms with E-state index in [1.54, 1.807) is 0 Å². The summed E-state index contributed by atoms with van der Waals surface area (Å²) in [4.78, 5) is 20.4. The summed E-state index contributed by atoms with van der Waals surface area (Å²) in [6.45, 7) is 9.51. The van der Waals surface area contributed by atoms with Crippen LogP contribution in [0.15, 0.2) is 17.6 Å². The van der Waals surface area contributed by atoms with Gasteiger partial charge in [0, 0.05) is 33.2 Å². The van der Waals surface area contributed by atoms with Gasteiger partial charge in [0.25, 0.3) is 0 Å². The van der Waals surface area contributed by atoms with E-state index >= 15 is 0 Å². The maximum absolute atomic E-state index is 12.0. The van der Waals surface area contributed by atoms with Crippen LogP contribution in [-0.2, 0) is 4.79 Å². The fourth-order valence-corrected chi connectivity index (χ4v) is 2.26. The highest BCUT2D eigenvalue weighted by molar-refractivity contribution is 5.85. The van der Waals surface area contributed by atoms with Crippen LogP contribution in [-0.4, -0.2) is 61.4 Å². The van der Waals surface area contributed by atoms with Gasteiger partial charge >= 0.3 is 0 Å². The molecule has 1 saturated heterocycles. The number of rotatable bonds is 7. The van der Waals surface area contributed by atoms with Crippen molar-refractivity contribution in [3.05, 3.63) is 12.7 Å². The number of allylic oxidation sites excluding steroid dienone is 1. The molecule has 1 amide bonds. The number of hydrogen-bond acceptors (Lipinski definition) is 2. The van der Waals surface area contributed by atoms with Crippen LogP contribution >= 0.6 is 0 Å². The van der Waals surface area contributed by atoms with Gasteiger partial charge in [0.05, 0.1) is 0 Å². The summed E-state index contributed by atoms with van der Waals surface area (Å²) in [6.07, 6.45) is 6.21. The molecular formula is C15H28N4O. The first-order valence-electron chi connectivity index (χ1n) is 7.57. The minimum atomic E-state index is 0.136. The minimum absolute atomic E-state index is 0.136. The minimum Gasteiger partial charge on any atom is -0.357 e. The van der Waals surface area contributed by atoms with E-state index in [-0.39, 0.29) is 12.5 Å². The maximum atomic E-state index is 12.0. The number of hydrogen-bond donors (Lipinski definition) is 1. The number of likely N-dealkylation sites (tertiary alicyclic amines) is 1. The van der Waals surface area contributed by atoms with Gasteiger partial charge in [-0.15, -0.1) is 6.58 Å². The van der Waals surface area contributed by atoms with Crippen LogP contribution in [0.2, 0.25) is 0 Å². The van der Waals surface area contributed by atoms with Crippen molar-refractivity contribution in [1.29, 1.82) is 0 Å². The molecule has 1 rings (SSSR count). The molecule has 20 heavy (non-hydrogen) atoms. The van der Waals surface area contributed by atoms with Gasteiger partial charge in [-0.05, 0) is 32.6 Å². The van der Waals surface area contributed by atoms with Crippen molar-refractivity contribution in [2.24, 2.45) is 4.99 Å². The molecular weight excluding hydrogens is 252 g/mol. The quantitative estimate of drug-likeness (QED) is 0.332. The zero-order valence-corrected chi connectivity index (χ0v) is 12.9. The van der Waals surface area contributed by atoms with Crippen LogP contribution in [0.4, 0.5) is 0 Å². The maximum Gasteiger partial charge on any atom is 0.244 e. The molecule has 1 heterocycles. The zero-order valence-electron chi connectivity index (χ0n) is 12.9. The second kappa shape index (κ2) is 9.39. The Morgan fingerprint density at radius 2 is 2.15 bits per heavy atom. The molecule has 0 aromatic carbocycles. The van der Waals surface area contributed by atoms with Crippen LogP contribution < -0.4 is 5.32 Å². The van der Waals surface area contributed by atoms with Crippen molar-refractivity contribution >= 4 is 11.9 Å². The predicted molar refractivity (Wildman–Crippen MR) is 83.9 cm³/mol. The highest BCUT2D eigenvalue weighted by Crippen LogP contribution is 2.07. The van der Waals surface area contributed by atoms with Gasteiger partial charge in [-0.25, -0.2) is 4.99 Å². The summed E-state index contributed by atoms with van der Waals surface area (Å²) in [5.41, 5.74) is 0. The van der Waals surface area contributed by atoms with Gasteiger partial charge in [-0.2, -0.15) is 0 Å². The Morgan fingerprint density at radius 1 is 1.45 bits per heavy atom. The lowest BCUT2D eigenvalue weighted by atomic mass is 10.3. The van der Waals surface area contributed by atoms with Gasteiger partial charge in [0.1, 0.15) is 6.54 Å². The molecule has 0 unspecified atom stereocenters. The molecule has 0 spiro atoms. The van der Waals surface area contributed by atoms with E-state index in [2.05, 4.69) is 21.8 Å². The summed E-state index contributed by atoms with van der Waals surface area (Å²) in [5.74, 6) is 0.946. The van der Waals surface area contributed by atoms with Gasteiger partial charge in [0.15, 0.2) is 5.96 Å². The second-order valence-corrected chi connectivity index (χ2v) is 5.11. The average molecular weight is 280 g/mol. The largest absolute Gasteiger partial charge is 0.357 e. The molecule has 0 radical (unpaired) electrons. The Bertz CT molecular complexity index is 335. The number of carbonyl (C=O) groups excluding carboxylic acids is 1. The van der Waals surface area contributed by atoms with E-state index in [1.165, 1.54) is 0 Å². The molecule has 0 aliphatic carbocycles. The molecule has 114 valence electrons.